The van der Waals surface area contributed by atoms with E-state index >= 15 is 0 Å². The molecule has 1 nitrogen and oxygen atoms in total. The minimum atomic E-state index is -0.146. The van der Waals surface area contributed by atoms with Gasteiger partial charge in [-0.2, -0.15) is 0 Å². The van der Waals surface area contributed by atoms with Crippen LogP contribution in [0.15, 0.2) is 48.5 Å². The lowest BCUT2D eigenvalue weighted by atomic mass is 9.76. The van der Waals surface area contributed by atoms with E-state index in [0.717, 1.165) is 18.4 Å². The average molecular weight is 306 g/mol. The molecule has 0 N–H and O–H groups in total. The Labute approximate surface area is 132 Å². The fourth-order valence-electron chi connectivity index (χ4n) is 3.23. The summed E-state index contributed by atoms with van der Waals surface area (Å²) in [5.41, 5.74) is 3.84. The number of hydrogen-bond acceptors (Lipinski definition) is 1. The van der Waals surface area contributed by atoms with E-state index in [1.807, 2.05) is 12.1 Å². The summed E-state index contributed by atoms with van der Waals surface area (Å²) in [6, 6.07) is 16.1. The van der Waals surface area contributed by atoms with Gasteiger partial charge in [0.25, 0.3) is 0 Å². The van der Waals surface area contributed by atoms with Gasteiger partial charge in [0.05, 0.1) is 0 Å². The highest BCUT2D eigenvalue weighted by molar-refractivity contribution is 5.85. The molecule has 0 aliphatic heterocycles. The fourth-order valence-corrected chi connectivity index (χ4v) is 3.23. The monoisotopic (exact) mass is 305 g/mol. The summed E-state index contributed by atoms with van der Waals surface area (Å²) in [5.74, 6) is 0.148. The van der Waals surface area contributed by atoms with Gasteiger partial charge >= 0.3 is 0 Å². The summed E-state index contributed by atoms with van der Waals surface area (Å²) >= 11 is 0. The molecule has 2 aromatic carbocycles. The van der Waals surface area contributed by atoms with Gasteiger partial charge in [0.15, 0.2) is 0 Å². The van der Waals surface area contributed by atoms with Crippen LogP contribution in [0.4, 0.5) is 4.39 Å². The third kappa shape index (κ3) is 3.28. The van der Waals surface area contributed by atoms with Crippen molar-refractivity contribution in [2.75, 3.05) is 14.1 Å². The van der Waals surface area contributed by atoms with Crippen molar-refractivity contribution < 1.29 is 4.39 Å². The third-order valence-corrected chi connectivity index (χ3v) is 4.38. The predicted molar refractivity (Wildman–Crippen MR) is 87.7 cm³/mol. The highest BCUT2D eigenvalue weighted by atomic mass is 35.5. The highest BCUT2D eigenvalue weighted by Crippen LogP contribution is 2.37. The molecule has 0 saturated heterocycles. The Bertz CT molecular complexity index is 612. The molecule has 21 heavy (non-hydrogen) atoms. The Kier molecular flexibility index (Phi) is 5.02. The van der Waals surface area contributed by atoms with Crippen molar-refractivity contribution in [3.8, 4) is 0 Å². The number of halogens is 2. The van der Waals surface area contributed by atoms with Crippen molar-refractivity contribution in [1.29, 1.82) is 0 Å². The molecule has 1 aliphatic carbocycles. The predicted octanol–water partition coefficient (Wildman–Crippen LogP) is 4.26. The second-order valence-electron chi connectivity index (χ2n) is 5.86. The van der Waals surface area contributed by atoms with Crippen molar-refractivity contribution in [2.24, 2.45) is 0 Å². The first-order valence-corrected chi connectivity index (χ1v) is 7.15. The minimum absolute atomic E-state index is 0. The summed E-state index contributed by atoms with van der Waals surface area (Å²) in [5, 5.41) is 0. The molecule has 0 fully saturated rings. The number of fused-ring (bicyclic) bond motifs is 1. The maximum absolute atomic E-state index is 13.5. The van der Waals surface area contributed by atoms with Crippen molar-refractivity contribution >= 4 is 12.4 Å². The lowest BCUT2D eigenvalue weighted by Crippen LogP contribution is -2.35. The van der Waals surface area contributed by atoms with Crippen LogP contribution in [0.3, 0.4) is 0 Å². The Balaban J connectivity index is 0.00000161. The summed E-state index contributed by atoms with van der Waals surface area (Å²) in [7, 11) is 4.25. The second kappa shape index (κ2) is 6.59. The number of benzene rings is 2. The molecule has 2 atom stereocenters. The molecule has 0 saturated carbocycles. The van der Waals surface area contributed by atoms with Gasteiger partial charge in [0, 0.05) is 12.0 Å². The molecule has 0 unspecified atom stereocenters. The molecule has 112 valence electrons. The van der Waals surface area contributed by atoms with Gasteiger partial charge in [-0.15, -0.1) is 12.4 Å². The van der Waals surface area contributed by atoms with Crippen molar-refractivity contribution in [1.82, 2.24) is 4.90 Å². The van der Waals surface area contributed by atoms with Crippen LogP contribution in [0.5, 0.6) is 0 Å². The van der Waals surface area contributed by atoms with Crippen LogP contribution in [0.2, 0.25) is 0 Å². The summed E-state index contributed by atoms with van der Waals surface area (Å²) in [6.07, 6.45) is 2.13. The van der Waals surface area contributed by atoms with Gasteiger partial charge in [-0.1, -0.05) is 36.4 Å². The molecule has 0 aromatic heterocycles. The molecule has 3 rings (SSSR count). The van der Waals surface area contributed by atoms with Crippen LogP contribution in [0.25, 0.3) is 0 Å². The molecule has 2 aromatic rings. The standard InChI is InChI=1S/C18H20FN.ClH/c1-20(2)16-11-14-6-3-4-9-17(14)18(12-16)13-7-5-8-15(19)10-13;/h3-10,16,18H,11-12H2,1-2H3;1H/t16-,18-;/m0./s1. The lowest BCUT2D eigenvalue weighted by Gasteiger charge is -2.35. The smallest absolute Gasteiger partial charge is 0.123 e. The largest absolute Gasteiger partial charge is 0.306 e. The number of nitrogens with zero attached hydrogens (tertiary/aromatic N) is 1. The minimum Gasteiger partial charge on any atom is -0.306 e. The summed E-state index contributed by atoms with van der Waals surface area (Å²) in [4.78, 5) is 2.28. The van der Waals surface area contributed by atoms with Crippen LogP contribution in [0, 0.1) is 5.82 Å². The van der Waals surface area contributed by atoms with E-state index in [4.69, 9.17) is 0 Å². The first-order valence-electron chi connectivity index (χ1n) is 7.15. The lowest BCUT2D eigenvalue weighted by molar-refractivity contribution is 0.258. The first-order chi connectivity index (χ1) is 9.65. The average Bonchev–Trinajstić information content (AvgIpc) is 2.46. The summed E-state index contributed by atoms with van der Waals surface area (Å²) < 4.78 is 13.5. The van der Waals surface area contributed by atoms with Gasteiger partial charge < -0.3 is 4.90 Å². The topological polar surface area (TPSA) is 3.24 Å². The Morgan fingerprint density at radius 3 is 2.52 bits per heavy atom. The van der Waals surface area contributed by atoms with E-state index in [0.29, 0.717) is 12.0 Å². The van der Waals surface area contributed by atoms with Crippen LogP contribution >= 0.6 is 12.4 Å². The molecular weight excluding hydrogens is 285 g/mol. The fraction of sp³-hybridized carbons (Fsp3) is 0.333. The Morgan fingerprint density at radius 1 is 1.05 bits per heavy atom. The normalized spacial score (nSPS) is 20.8. The zero-order valence-electron chi connectivity index (χ0n) is 12.4. The molecule has 0 heterocycles. The van der Waals surface area contributed by atoms with E-state index in [1.165, 1.54) is 17.2 Å². The SMILES string of the molecule is CN(C)[C@H]1Cc2ccccc2[C@H](c2cccc(F)c2)C1.Cl. The summed E-state index contributed by atoms with van der Waals surface area (Å²) in [6.45, 7) is 0. The third-order valence-electron chi connectivity index (χ3n) is 4.38. The van der Waals surface area contributed by atoms with Crippen LogP contribution < -0.4 is 0 Å². The zero-order chi connectivity index (χ0) is 14.1. The van der Waals surface area contributed by atoms with Gasteiger partial charge in [-0.3, -0.25) is 0 Å². The molecule has 1 aliphatic rings. The quantitative estimate of drug-likeness (QED) is 0.801. The molecule has 0 radical (unpaired) electrons. The molecule has 3 heteroatoms. The molecule has 0 spiro atoms. The van der Waals surface area contributed by atoms with Gasteiger partial charge in [0.2, 0.25) is 0 Å². The number of likely N-dealkylation sites (N-methyl/N-ethyl adjacent to an activating group) is 1. The van der Waals surface area contributed by atoms with E-state index in [-0.39, 0.29) is 18.2 Å². The number of rotatable bonds is 2. The van der Waals surface area contributed by atoms with E-state index in [1.54, 1.807) is 6.07 Å². The van der Waals surface area contributed by atoms with Crippen molar-refractivity contribution in [3.63, 3.8) is 0 Å². The maximum Gasteiger partial charge on any atom is 0.123 e. The van der Waals surface area contributed by atoms with Crippen LogP contribution in [-0.4, -0.2) is 25.0 Å². The molecular formula is C18H21ClFN. The maximum atomic E-state index is 13.5. The number of hydrogen-bond donors (Lipinski definition) is 0. The Morgan fingerprint density at radius 2 is 1.81 bits per heavy atom. The van der Waals surface area contributed by atoms with Gasteiger partial charge in [-0.25, -0.2) is 4.39 Å². The Hall–Kier alpha value is -1.38. The van der Waals surface area contributed by atoms with E-state index in [9.17, 15) is 4.39 Å². The highest BCUT2D eigenvalue weighted by Gasteiger charge is 2.28. The second-order valence-corrected chi connectivity index (χ2v) is 5.86. The van der Waals surface area contributed by atoms with E-state index in [2.05, 4.69) is 43.3 Å². The van der Waals surface area contributed by atoms with Crippen LogP contribution in [-0.2, 0) is 6.42 Å². The van der Waals surface area contributed by atoms with Gasteiger partial charge in [-0.05, 0) is 55.8 Å². The van der Waals surface area contributed by atoms with E-state index < -0.39 is 0 Å². The molecule has 0 amide bonds. The van der Waals surface area contributed by atoms with Crippen molar-refractivity contribution in [2.45, 2.75) is 24.8 Å². The zero-order valence-corrected chi connectivity index (χ0v) is 13.2. The molecule has 0 bridgehead atoms. The first kappa shape index (κ1) is 16.0. The van der Waals surface area contributed by atoms with Gasteiger partial charge in [0.1, 0.15) is 5.82 Å². The van der Waals surface area contributed by atoms with Crippen molar-refractivity contribution in [3.05, 3.63) is 71.0 Å². The van der Waals surface area contributed by atoms with Crippen LogP contribution in [0.1, 0.15) is 29.0 Å².